The van der Waals surface area contributed by atoms with Crippen LogP contribution >= 0.6 is 0 Å². The Balaban J connectivity index is 2.20. The number of rotatable bonds is 6. The van der Waals surface area contributed by atoms with E-state index in [0.717, 1.165) is 5.56 Å². The fourth-order valence-electron chi connectivity index (χ4n) is 1.05. The molecule has 14 heavy (non-hydrogen) atoms. The molecule has 78 valence electrons. The van der Waals surface area contributed by atoms with Crippen LogP contribution in [-0.2, 0) is 16.1 Å². The van der Waals surface area contributed by atoms with Crippen molar-refractivity contribution in [1.82, 2.24) is 0 Å². The Morgan fingerprint density at radius 1 is 1.21 bits per heavy atom. The molecule has 0 saturated carbocycles. The Bertz CT molecular complexity index is 236. The van der Waals surface area contributed by atoms with Gasteiger partial charge in [0.1, 0.15) is 0 Å². The fourth-order valence-corrected chi connectivity index (χ4v) is 1.05. The molecule has 0 fully saturated rings. The van der Waals surface area contributed by atoms with E-state index in [1.807, 2.05) is 37.3 Å². The van der Waals surface area contributed by atoms with E-state index in [9.17, 15) is 0 Å². The Kier molecular flexibility index (Phi) is 5.22. The molecule has 0 aliphatic rings. The van der Waals surface area contributed by atoms with Crippen LogP contribution in [0.15, 0.2) is 30.3 Å². The van der Waals surface area contributed by atoms with Crippen LogP contribution < -0.4 is 0 Å². The molecule has 0 aromatic heterocycles. The lowest BCUT2D eigenvalue weighted by Gasteiger charge is -2.13. The zero-order chi connectivity index (χ0) is 10.2. The molecule has 0 aliphatic heterocycles. The summed E-state index contributed by atoms with van der Waals surface area (Å²) in [6.07, 6.45) is -0.276. The lowest BCUT2D eigenvalue weighted by atomic mass is 10.2. The minimum Gasteiger partial charge on any atom is -0.394 e. The van der Waals surface area contributed by atoms with E-state index >= 15 is 0 Å². The predicted molar refractivity (Wildman–Crippen MR) is 53.7 cm³/mol. The van der Waals surface area contributed by atoms with Crippen LogP contribution in [0.5, 0.6) is 0 Å². The number of hydrogen-bond donors (Lipinski definition) is 1. The highest BCUT2D eigenvalue weighted by Crippen LogP contribution is 2.03. The molecule has 1 atom stereocenters. The van der Waals surface area contributed by atoms with Gasteiger partial charge in [0.2, 0.25) is 0 Å². The molecule has 0 bridgehead atoms. The first-order valence-electron chi connectivity index (χ1n) is 4.71. The van der Waals surface area contributed by atoms with Gasteiger partial charge in [0.25, 0.3) is 0 Å². The highest BCUT2D eigenvalue weighted by atomic mass is 16.7. The summed E-state index contributed by atoms with van der Waals surface area (Å²) in [4.78, 5) is 0. The van der Waals surface area contributed by atoms with Crippen LogP contribution in [0.3, 0.4) is 0 Å². The van der Waals surface area contributed by atoms with Crippen molar-refractivity contribution in [1.29, 1.82) is 0 Å². The van der Waals surface area contributed by atoms with Crippen LogP contribution in [0, 0.1) is 0 Å². The molecule has 3 nitrogen and oxygen atoms in total. The number of aliphatic hydroxyl groups is 1. The highest BCUT2D eigenvalue weighted by Gasteiger charge is 2.01. The molecule has 1 N–H and O–H groups in total. The van der Waals surface area contributed by atoms with Crippen molar-refractivity contribution in [3.63, 3.8) is 0 Å². The molecule has 0 heterocycles. The maximum atomic E-state index is 8.52. The molecule has 1 aromatic carbocycles. The summed E-state index contributed by atoms with van der Waals surface area (Å²) in [6.45, 7) is 2.70. The van der Waals surface area contributed by atoms with Crippen molar-refractivity contribution in [3.8, 4) is 0 Å². The van der Waals surface area contributed by atoms with Gasteiger partial charge < -0.3 is 14.6 Å². The van der Waals surface area contributed by atoms with Gasteiger partial charge in [0, 0.05) is 0 Å². The molecular formula is C11H16O3. The van der Waals surface area contributed by atoms with E-state index < -0.39 is 0 Å². The number of ether oxygens (including phenoxy) is 2. The molecule has 0 amide bonds. The third kappa shape index (κ3) is 4.37. The van der Waals surface area contributed by atoms with Gasteiger partial charge in [-0.2, -0.15) is 0 Å². The quantitative estimate of drug-likeness (QED) is 0.702. The van der Waals surface area contributed by atoms with Crippen LogP contribution in [0.25, 0.3) is 0 Å². The lowest BCUT2D eigenvalue weighted by Crippen LogP contribution is -2.15. The van der Waals surface area contributed by atoms with E-state index in [1.165, 1.54) is 0 Å². The van der Waals surface area contributed by atoms with Gasteiger partial charge in [-0.05, 0) is 12.5 Å². The molecular weight excluding hydrogens is 180 g/mol. The molecule has 3 heteroatoms. The van der Waals surface area contributed by atoms with Crippen molar-refractivity contribution in [2.24, 2.45) is 0 Å². The molecule has 1 rings (SSSR count). The van der Waals surface area contributed by atoms with Gasteiger partial charge in [0.05, 0.1) is 19.8 Å². The summed E-state index contributed by atoms with van der Waals surface area (Å²) in [7, 11) is 0. The van der Waals surface area contributed by atoms with Crippen molar-refractivity contribution >= 4 is 0 Å². The average molecular weight is 196 g/mol. The number of hydrogen-bond acceptors (Lipinski definition) is 3. The second kappa shape index (κ2) is 6.54. The largest absolute Gasteiger partial charge is 0.394 e. The molecule has 0 spiro atoms. The SMILES string of the molecule is CC(OCCO)OCc1ccccc1. The van der Waals surface area contributed by atoms with E-state index in [-0.39, 0.29) is 12.9 Å². The zero-order valence-electron chi connectivity index (χ0n) is 8.35. The smallest absolute Gasteiger partial charge is 0.155 e. The second-order valence-corrected chi connectivity index (χ2v) is 2.96. The number of aliphatic hydroxyl groups excluding tert-OH is 1. The van der Waals surface area contributed by atoms with E-state index in [0.29, 0.717) is 13.2 Å². The summed E-state index contributed by atoms with van der Waals surface area (Å²) in [5.74, 6) is 0. The summed E-state index contributed by atoms with van der Waals surface area (Å²) >= 11 is 0. The molecule has 0 saturated heterocycles. The first-order chi connectivity index (χ1) is 6.83. The Labute approximate surface area is 84.3 Å². The van der Waals surface area contributed by atoms with Crippen molar-refractivity contribution < 1.29 is 14.6 Å². The number of benzene rings is 1. The van der Waals surface area contributed by atoms with Gasteiger partial charge in [-0.1, -0.05) is 30.3 Å². The first kappa shape index (κ1) is 11.2. The fraction of sp³-hybridized carbons (Fsp3) is 0.455. The van der Waals surface area contributed by atoms with Gasteiger partial charge >= 0.3 is 0 Å². The van der Waals surface area contributed by atoms with Crippen LogP contribution in [0.1, 0.15) is 12.5 Å². The van der Waals surface area contributed by atoms with Gasteiger partial charge in [-0.15, -0.1) is 0 Å². The standard InChI is InChI=1S/C11H16O3/c1-10(13-8-7-12)14-9-11-5-3-2-4-6-11/h2-6,10,12H,7-9H2,1H3. The predicted octanol–water partition coefficient (Wildman–Crippen LogP) is 1.56. The van der Waals surface area contributed by atoms with E-state index in [4.69, 9.17) is 14.6 Å². The van der Waals surface area contributed by atoms with E-state index in [2.05, 4.69) is 0 Å². The van der Waals surface area contributed by atoms with Gasteiger partial charge in [-0.25, -0.2) is 0 Å². The molecule has 0 radical (unpaired) electrons. The maximum absolute atomic E-state index is 8.52. The van der Waals surface area contributed by atoms with Crippen molar-refractivity contribution in [2.75, 3.05) is 13.2 Å². The normalized spacial score (nSPS) is 12.7. The third-order valence-electron chi connectivity index (χ3n) is 1.77. The molecule has 1 unspecified atom stereocenters. The van der Waals surface area contributed by atoms with Crippen LogP contribution in [-0.4, -0.2) is 24.6 Å². The highest BCUT2D eigenvalue weighted by molar-refractivity contribution is 5.13. The Morgan fingerprint density at radius 3 is 2.57 bits per heavy atom. The molecule has 0 aliphatic carbocycles. The topological polar surface area (TPSA) is 38.7 Å². The minimum atomic E-state index is -0.276. The van der Waals surface area contributed by atoms with Crippen molar-refractivity contribution in [2.45, 2.75) is 19.8 Å². The zero-order valence-corrected chi connectivity index (χ0v) is 8.35. The Morgan fingerprint density at radius 2 is 1.93 bits per heavy atom. The monoisotopic (exact) mass is 196 g/mol. The van der Waals surface area contributed by atoms with Gasteiger partial charge in [0.15, 0.2) is 6.29 Å². The van der Waals surface area contributed by atoms with Crippen LogP contribution in [0.4, 0.5) is 0 Å². The maximum Gasteiger partial charge on any atom is 0.155 e. The average Bonchev–Trinajstić information content (AvgIpc) is 2.25. The lowest BCUT2D eigenvalue weighted by molar-refractivity contribution is -0.142. The third-order valence-corrected chi connectivity index (χ3v) is 1.77. The summed E-state index contributed by atoms with van der Waals surface area (Å²) in [6, 6.07) is 9.91. The second-order valence-electron chi connectivity index (χ2n) is 2.96. The summed E-state index contributed by atoms with van der Waals surface area (Å²) in [5.41, 5.74) is 1.12. The Hall–Kier alpha value is -0.900. The summed E-state index contributed by atoms with van der Waals surface area (Å²) in [5, 5.41) is 8.52. The first-order valence-corrected chi connectivity index (χ1v) is 4.71. The minimum absolute atomic E-state index is 0.0268. The summed E-state index contributed by atoms with van der Waals surface area (Å²) < 4.78 is 10.5. The van der Waals surface area contributed by atoms with Crippen molar-refractivity contribution in [3.05, 3.63) is 35.9 Å². The van der Waals surface area contributed by atoms with Gasteiger partial charge in [-0.3, -0.25) is 0 Å². The van der Waals surface area contributed by atoms with E-state index in [1.54, 1.807) is 0 Å². The van der Waals surface area contributed by atoms with Crippen LogP contribution in [0.2, 0.25) is 0 Å². The molecule has 1 aromatic rings.